The molecule has 2 aromatic rings. The summed E-state index contributed by atoms with van der Waals surface area (Å²) in [5.41, 5.74) is 7.89. The maximum atomic E-state index is 11.9. The number of anilines is 1. The van der Waals surface area contributed by atoms with Crippen LogP contribution in [-0.2, 0) is 6.42 Å². The molecule has 0 bridgehead atoms. The van der Waals surface area contributed by atoms with Gasteiger partial charge in [0.15, 0.2) is 0 Å². The van der Waals surface area contributed by atoms with Crippen molar-refractivity contribution < 1.29 is 4.79 Å². The predicted molar refractivity (Wildman–Crippen MR) is 81.4 cm³/mol. The average molecular weight is 340 g/mol. The Balaban J connectivity index is 1.89. The fraction of sp³-hybridized carbons (Fsp3) is 0.231. The Bertz CT molecular complexity index is 597. The van der Waals surface area contributed by atoms with E-state index in [1.807, 2.05) is 12.3 Å². The van der Waals surface area contributed by atoms with E-state index >= 15 is 0 Å². The summed E-state index contributed by atoms with van der Waals surface area (Å²) in [6.07, 6.45) is 0.746. The van der Waals surface area contributed by atoms with Crippen molar-refractivity contribution in [2.75, 3.05) is 12.3 Å². The molecule has 0 saturated carbocycles. The first kappa shape index (κ1) is 14.0. The first-order valence-corrected chi connectivity index (χ1v) is 7.48. The summed E-state index contributed by atoms with van der Waals surface area (Å²) in [7, 11) is 0. The largest absolute Gasteiger partial charge is 0.398 e. The molecule has 0 spiro atoms. The summed E-state index contributed by atoms with van der Waals surface area (Å²) in [4.78, 5) is 16.3. The molecule has 0 fully saturated rings. The number of benzene rings is 1. The van der Waals surface area contributed by atoms with Gasteiger partial charge in [-0.2, -0.15) is 0 Å². The molecule has 19 heavy (non-hydrogen) atoms. The third kappa shape index (κ3) is 3.78. The Morgan fingerprint density at radius 3 is 2.95 bits per heavy atom. The standard InChI is InChI=1S/C13H14BrN3OS/c1-8-7-19-12(17-8)4-5-16-13(18)9-2-3-10(14)11(15)6-9/h2-3,6-7H,4-5,15H2,1H3,(H,16,18). The van der Waals surface area contributed by atoms with Crippen LogP contribution in [0, 0.1) is 6.92 Å². The first-order valence-electron chi connectivity index (χ1n) is 5.80. The third-order valence-corrected chi connectivity index (χ3v) is 4.30. The zero-order chi connectivity index (χ0) is 13.8. The van der Waals surface area contributed by atoms with Crippen LogP contribution in [0.1, 0.15) is 21.1 Å². The van der Waals surface area contributed by atoms with Gasteiger partial charge in [0.25, 0.3) is 5.91 Å². The lowest BCUT2D eigenvalue weighted by atomic mass is 10.2. The summed E-state index contributed by atoms with van der Waals surface area (Å²) in [5.74, 6) is -0.118. The maximum Gasteiger partial charge on any atom is 0.251 e. The minimum atomic E-state index is -0.118. The van der Waals surface area contributed by atoms with Crippen molar-refractivity contribution in [1.29, 1.82) is 0 Å². The van der Waals surface area contributed by atoms with Gasteiger partial charge in [0.05, 0.1) is 5.01 Å². The van der Waals surface area contributed by atoms with Gasteiger partial charge in [0, 0.05) is 39.8 Å². The van der Waals surface area contributed by atoms with E-state index in [9.17, 15) is 4.79 Å². The third-order valence-electron chi connectivity index (χ3n) is 2.55. The summed E-state index contributed by atoms with van der Waals surface area (Å²) in [6, 6.07) is 5.17. The fourth-order valence-corrected chi connectivity index (χ4v) is 2.61. The Morgan fingerprint density at radius 1 is 1.53 bits per heavy atom. The highest BCUT2D eigenvalue weighted by atomic mass is 79.9. The van der Waals surface area contributed by atoms with Gasteiger partial charge in [-0.15, -0.1) is 11.3 Å². The normalized spacial score (nSPS) is 10.4. The number of hydrogen-bond acceptors (Lipinski definition) is 4. The number of nitrogen functional groups attached to an aromatic ring is 1. The van der Waals surface area contributed by atoms with Crippen LogP contribution in [0.25, 0.3) is 0 Å². The molecule has 1 aromatic carbocycles. The molecular weight excluding hydrogens is 326 g/mol. The van der Waals surface area contributed by atoms with Crippen LogP contribution in [0.4, 0.5) is 5.69 Å². The molecule has 3 N–H and O–H groups in total. The lowest BCUT2D eigenvalue weighted by molar-refractivity contribution is 0.0954. The minimum absolute atomic E-state index is 0.118. The van der Waals surface area contributed by atoms with E-state index in [1.54, 1.807) is 29.5 Å². The van der Waals surface area contributed by atoms with Crippen molar-refractivity contribution in [2.45, 2.75) is 13.3 Å². The number of thiazole rings is 1. The topological polar surface area (TPSA) is 68.0 Å². The predicted octanol–water partition coefficient (Wildman–Crippen LogP) is 2.77. The van der Waals surface area contributed by atoms with Gasteiger partial charge in [0.2, 0.25) is 0 Å². The minimum Gasteiger partial charge on any atom is -0.398 e. The molecule has 2 rings (SSSR count). The SMILES string of the molecule is Cc1csc(CCNC(=O)c2ccc(Br)c(N)c2)n1. The van der Waals surface area contributed by atoms with Gasteiger partial charge in [-0.05, 0) is 41.1 Å². The Kier molecular flexibility index (Phi) is 4.55. The molecule has 100 valence electrons. The number of nitrogens with zero attached hydrogens (tertiary/aromatic N) is 1. The van der Waals surface area contributed by atoms with E-state index < -0.39 is 0 Å². The number of carbonyl (C=O) groups is 1. The van der Waals surface area contributed by atoms with Crippen molar-refractivity contribution in [2.24, 2.45) is 0 Å². The fourth-order valence-electron chi connectivity index (χ4n) is 1.59. The van der Waals surface area contributed by atoms with Gasteiger partial charge < -0.3 is 11.1 Å². The Labute approximate surface area is 124 Å². The summed E-state index contributed by atoms with van der Waals surface area (Å²) in [5, 5.41) is 5.90. The number of hydrogen-bond donors (Lipinski definition) is 2. The molecule has 4 nitrogen and oxygen atoms in total. The van der Waals surface area contributed by atoms with Crippen LogP contribution in [0.2, 0.25) is 0 Å². The molecule has 0 atom stereocenters. The summed E-state index contributed by atoms with van der Waals surface area (Å²) >= 11 is 4.91. The van der Waals surface area contributed by atoms with Crippen molar-refractivity contribution in [3.05, 3.63) is 44.3 Å². The molecule has 6 heteroatoms. The summed E-state index contributed by atoms with van der Waals surface area (Å²) < 4.78 is 0.794. The smallest absolute Gasteiger partial charge is 0.251 e. The molecule has 0 aliphatic rings. The van der Waals surface area contributed by atoms with Gasteiger partial charge in [-0.3, -0.25) is 4.79 Å². The Hall–Kier alpha value is -1.40. The second kappa shape index (κ2) is 6.16. The average Bonchev–Trinajstić information content (AvgIpc) is 2.78. The lowest BCUT2D eigenvalue weighted by Crippen LogP contribution is -2.25. The van der Waals surface area contributed by atoms with E-state index in [4.69, 9.17) is 5.73 Å². The van der Waals surface area contributed by atoms with Crippen molar-refractivity contribution in [3.63, 3.8) is 0 Å². The first-order chi connectivity index (χ1) is 9.06. The number of nitrogens with two attached hydrogens (primary N) is 1. The van der Waals surface area contributed by atoms with Gasteiger partial charge >= 0.3 is 0 Å². The molecule has 1 amide bonds. The van der Waals surface area contributed by atoms with Crippen LogP contribution in [0.5, 0.6) is 0 Å². The molecule has 0 aliphatic heterocycles. The lowest BCUT2D eigenvalue weighted by Gasteiger charge is -2.05. The monoisotopic (exact) mass is 339 g/mol. The van der Waals surface area contributed by atoms with Crippen molar-refractivity contribution >= 4 is 38.9 Å². The van der Waals surface area contributed by atoms with E-state index in [0.717, 1.165) is 21.6 Å². The number of halogens is 1. The molecule has 0 aliphatic carbocycles. The molecule has 0 saturated heterocycles. The van der Waals surface area contributed by atoms with Crippen LogP contribution in [0.3, 0.4) is 0 Å². The van der Waals surface area contributed by atoms with Crippen molar-refractivity contribution in [3.8, 4) is 0 Å². The zero-order valence-corrected chi connectivity index (χ0v) is 12.8. The van der Waals surface area contributed by atoms with Gasteiger partial charge in [-0.1, -0.05) is 0 Å². The number of amides is 1. The van der Waals surface area contributed by atoms with Crippen LogP contribution in [-0.4, -0.2) is 17.4 Å². The van der Waals surface area contributed by atoms with E-state index in [2.05, 4.69) is 26.2 Å². The highest BCUT2D eigenvalue weighted by molar-refractivity contribution is 9.10. The van der Waals surface area contributed by atoms with Crippen molar-refractivity contribution in [1.82, 2.24) is 10.3 Å². The second-order valence-electron chi connectivity index (χ2n) is 4.12. The van der Waals surface area contributed by atoms with Gasteiger partial charge in [0.1, 0.15) is 0 Å². The number of carbonyl (C=O) groups excluding carboxylic acids is 1. The number of aryl methyl sites for hydroxylation is 1. The molecule has 0 radical (unpaired) electrons. The van der Waals surface area contributed by atoms with Crippen LogP contribution in [0.15, 0.2) is 28.1 Å². The molecule has 1 aromatic heterocycles. The highest BCUT2D eigenvalue weighted by Gasteiger charge is 2.07. The highest BCUT2D eigenvalue weighted by Crippen LogP contribution is 2.20. The van der Waals surface area contributed by atoms with Crippen LogP contribution >= 0.6 is 27.3 Å². The van der Waals surface area contributed by atoms with E-state index in [1.165, 1.54) is 0 Å². The number of nitrogens with one attached hydrogen (secondary N) is 1. The zero-order valence-electron chi connectivity index (χ0n) is 10.4. The maximum absolute atomic E-state index is 11.9. The van der Waals surface area contributed by atoms with E-state index in [-0.39, 0.29) is 5.91 Å². The van der Waals surface area contributed by atoms with Crippen LogP contribution < -0.4 is 11.1 Å². The molecule has 0 unspecified atom stereocenters. The second-order valence-corrected chi connectivity index (χ2v) is 5.92. The Morgan fingerprint density at radius 2 is 2.32 bits per heavy atom. The number of rotatable bonds is 4. The summed E-state index contributed by atoms with van der Waals surface area (Å²) in [6.45, 7) is 2.53. The van der Waals surface area contributed by atoms with E-state index in [0.29, 0.717) is 17.8 Å². The number of aromatic nitrogens is 1. The quantitative estimate of drug-likeness (QED) is 0.841. The molecule has 1 heterocycles. The van der Waals surface area contributed by atoms with Gasteiger partial charge in [-0.25, -0.2) is 4.98 Å². The molecular formula is C13H14BrN3OS.